The van der Waals surface area contributed by atoms with Gasteiger partial charge in [-0.1, -0.05) is 13.8 Å². The highest BCUT2D eigenvalue weighted by atomic mass is 14.0. The molecular weight excluding hydrogens is 96.1 g/mol. The zero-order chi connectivity index (χ0) is 6.41. The fourth-order valence-electron chi connectivity index (χ4n) is 0.618. The predicted molar refractivity (Wildman–Crippen MR) is 38.7 cm³/mol. The normalized spacial score (nSPS) is 13.4. The van der Waals surface area contributed by atoms with Crippen LogP contribution in [0, 0.1) is 12.3 Å². The molecule has 1 atom stereocenters. The lowest BCUT2D eigenvalue weighted by molar-refractivity contribution is 0.610. The molecule has 0 N–H and O–H groups in total. The van der Waals surface area contributed by atoms with Crippen LogP contribution in [0.1, 0.15) is 40.0 Å². The molecule has 0 aromatic rings. The molecule has 0 aliphatic heterocycles. The first-order valence-electron chi connectivity index (χ1n) is 3.64. The first kappa shape index (κ1) is 7.87. The van der Waals surface area contributed by atoms with Crippen LogP contribution in [0.25, 0.3) is 0 Å². The lowest BCUT2D eigenvalue weighted by Crippen LogP contribution is -1.91. The predicted octanol–water partition coefficient (Wildman–Crippen LogP) is 3.04. The van der Waals surface area contributed by atoms with Gasteiger partial charge in [0.1, 0.15) is 0 Å². The number of unbranched alkanes of at least 4 members (excludes halogenated alkanes) is 1. The Labute approximate surface area is 53.3 Å². The topological polar surface area (TPSA) is 0 Å². The van der Waals surface area contributed by atoms with Crippen molar-refractivity contribution in [2.24, 2.45) is 5.92 Å². The van der Waals surface area contributed by atoms with Crippen molar-refractivity contribution >= 4 is 0 Å². The summed E-state index contributed by atoms with van der Waals surface area (Å²) in [5.74, 6) is 0.829. The molecule has 0 amide bonds. The third-order valence-corrected chi connectivity index (χ3v) is 1.50. The maximum absolute atomic E-state index is 2.40. The molecule has 0 bridgehead atoms. The Hall–Kier alpha value is -0.130. The Morgan fingerprint density at radius 2 is 2.00 bits per heavy atom. The highest BCUT2D eigenvalue weighted by Crippen LogP contribution is 2.08. The van der Waals surface area contributed by atoms with Crippen LogP contribution in [0.3, 0.4) is 0 Å². The van der Waals surface area contributed by atoms with Gasteiger partial charge in [0, 0.05) is 0 Å². The summed E-state index contributed by atoms with van der Waals surface area (Å²) >= 11 is 0. The number of hydrogen-bond donors (Lipinski definition) is 0. The fraction of sp³-hybridized carbons (Fsp3) is 0.875. The molecule has 1 unspecified atom stereocenters. The van der Waals surface area contributed by atoms with Gasteiger partial charge in [-0.15, -0.1) is 0 Å². The van der Waals surface area contributed by atoms with E-state index >= 15 is 0 Å². The molecule has 0 nitrogen and oxygen atoms in total. The Morgan fingerprint density at radius 3 is 2.38 bits per heavy atom. The molecule has 0 radical (unpaired) electrons. The summed E-state index contributed by atoms with van der Waals surface area (Å²) in [6, 6.07) is 0. The first-order valence-corrected chi connectivity index (χ1v) is 3.64. The Balaban J connectivity index is 2.86. The molecule has 0 fully saturated rings. The lowest BCUT2D eigenvalue weighted by atomic mass is 10.0. The van der Waals surface area contributed by atoms with Crippen molar-refractivity contribution in [3.05, 3.63) is 6.42 Å². The van der Waals surface area contributed by atoms with E-state index in [2.05, 4.69) is 27.2 Å². The molecule has 0 rings (SSSR count). The van der Waals surface area contributed by atoms with Crippen molar-refractivity contribution in [3.63, 3.8) is 0 Å². The van der Waals surface area contributed by atoms with Crippen LogP contribution in [0.5, 0.6) is 0 Å². The largest absolute Gasteiger partial charge is 0.0947 e. The van der Waals surface area contributed by atoms with Gasteiger partial charge in [0.15, 0.2) is 0 Å². The van der Waals surface area contributed by atoms with Gasteiger partial charge in [-0.3, -0.25) is 0 Å². The molecule has 0 aliphatic carbocycles. The van der Waals surface area contributed by atoms with E-state index in [1.54, 1.807) is 0 Å². The van der Waals surface area contributed by atoms with E-state index in [-0.39, 0.29) is 0 Å². The highest BCUT2D eigenvalue weighted by Gasteiger charge is 2.05. The summed E-state index contributed by atoms with van der Waals surface area (Å²) in [6.07, 6.45) is 6.28. The number of hydrogen-bond acceptors (Lipinski definition) is 0. The summed E-state index contributed by atoms with van der Waals surface area (Å²) in [6.45, 7) is 6.73. The van der Waals surface area contributed by atoms with Gasteiger partial charge in [-0.05, 0) is 19.8 Å². The molecule has 0 heteroatoms. The molecule has 0 spiro atoms. The van der Waals surface area contributed by atoms with Crippen molar-refractivity contribution < 1.29 is 0 Å². The molecule has 0 aromatic heterocycles. The van der Waals surface area contributed by atoms with Gasteiger partial charge in [0.2, 0.25) is 0 Å². The van der Waals surface area contributed by atoms with Crippen molar-refractivity contribution in [3.8, 4) is 0 Å². The van der Waals surface area contributed by atoms with Gasteiger partial charge in [-0.2, -0.15) is 0 Å². The third-order valence-electron chi connectivity index (χ3n) is 1.50. The summed E-state index contributed by atoms with van der Waals surface area (Å²) in [7, 11) is 0. The van der Waals surface area contributed by atoms with E-state index < -0.39 is 0 Å². The second kappa shape index (κ2) is 5.02. The van der Waals surface area contributed by atoms with Crippen molar-refractivity contribution in [1.82, 2.24) is 0 Å². The maximum Gasteiger partial charge on any atom is 0.0947 e. The van der Waals surface area contributed by atoms with E-state index in [4.69, 9.17) is 0 Å². The minimum absolute atomic E-state index is 0.829. The second-order valence-electron chi connectivity index (χ2n) is 2.41. The van der Waals surface area contributed by atoms with Crippen LogP contribution < -0.4 is 0 Å². The van der Waals surface area contributed by atoms with E-state index in [1.165, 1.54) is 19.3 Å². The molecule has 0 heterocycles. The Kier molecular flexibility index (Phi) is 4.93. The molecule has 8 heavy (non-hydrogen) atoms. The van der Waals surface area contributed by atoms with Crippen molar-refractivity contribution in [2.45, 2.75) is 40.0 Å². The summed E-state index contributed by atoms with van der Waals surface area (Å²) in [5, 5.41) is 0. The monoisotopic (exact) mass is 113 g/mol. The zero-order valence-corrected chi connectivity index (χ0v) is 6.28. The minimum atomic E-state index is 0.829. The summed E-state index contributed by atoms with van der Waals surface area (Å²) in [5.41, 5.74) is 0. The van der Waals surface area contributed by atoms with Crippen LogP contribution in [0.2, 0.25) is 0 Å². The molecule has 0 aromatic carbocycles. The van der Waals surface area contributed by atoms with E-state index in [9.17, 15) is 0 Å². The van der Waals surface area contributed by atoms with Gasteiger partial charge in [0.05, 0.1) is 18.8 Å². The van der Waals surface area contributed by atoms with Gasteiger partial charge < -0.3 is 0 Å². The lowest BCUT2D eigenvalue weighted by Gasteiger charge is -1.94. The molecule has 0 saturated carbocycles. The third kappa shape index (κ3) is 4.04. The fourth-order valence-corrected chi connectivity index (χ4v) is 0.618. The SMILES string of the molecule is CCC[CH+]C(C)CC. The van der Waals surface area contributed by atoms with Gasteiger partial charge in [-0.25, -0.2) is 0 Å². The highest BCUT2D eigenvalue weighted by molar-refractivity contribution is 4.69. The van der Waals surface area contributed by atoms with Crippen molar-refractivity contribution in [2.75, 3.05) is 0 Å². The quantitative estimate of drug-likeness (QED) is 0.491. The summed E-state index contributed by atoms with van der Waals surface area (Å²) < 4.78 is 0. The first-order chi connectivity index (χ1) is 3.81. The van der Waals surface area contributed by atoms with Crippen LogP contribution in [-0.4, -0.2) is 0 Å². The number of rotatable bonds is 4. The molecule has 48 valence electrons. The van der Waals surface area contributed by atoms with E-state index in [1.807, 2.05) is 0 Å². The summed E-state index contributed by atoms with van der Waals surface area (Å²) in [4.78, 5) is 0. The average Bonchev–Trinajstić information content (AvgIpc) is 1.83. The maximum atomic E-state index is 2.40. The average molecular weight is 113 g/mol. The zero-order valence-electron chi connectivity index (χ0n) is 6.28. The standard InChI is InChI=1S/C8H17/c1-4-6-7-8(3)5-2/h7-8H,4-6H2,1-3H3/q+1. The van der Waals surface area contributed by atoms with E-state index in [0.29, 0.717) is 0 Å². The molecule has 0 saturated heterocycles. The van der Waals surface area contributed by atoms with Gasteiger partial charge in [0.25, 0.3) is 0 Å². The van der Waals surface area contributed by atoms with Crippen LogP contribution in [-0.2, 0) is 0 Å². The Morgan fingerprint density at radius 1 is 1.38 bits per heavy atom. The second-order valence-corrected chi connectivity index (χ2v) is 2.41. The van der Waals surface area contributed by atoms with Crippen LogP contribution >= 0.6 is 0 Å². The van der Waals surface area contributed by atoms with Gasteiger partial charge >= 0.3 is 0 Å². The molecular formula is C8H17+. The van der Waals surface area contributed by atoms with E-state index in [0.717, 1.165) is 5.92 Å². The Bertz CT molecular complexity index is 39.3. The van der Waals surface area contributed by atoms with Crippen LogP contribution in [0.15, 0.2) is 0 Å². The van der Waals surface area contributed by atoms with Crippen molar-refractivity contribution in [1.29, 1.82) is 0 Å². The van der Waals surface area contributed by atoms with Crippen LogP contribution in [0.4, 0.5) is 0 Å². The molecule has 0 aliphatic rings. The smallest absolute Gasteiger partial charge is 0.0613 e. The minimum Gasteiger partial charge on any atom is -0.0613 e.